The topological polar surface area (TPSA) is 26.3 Å². The van der Waals surface area contributed by atoms with Crippen molar-refractivity contribution in [3.05, 3.63) is 48.2 Å². The molecule has 2 heteroatoms. The molecular formula is C13H16O2. The molecule has 0 saturated carbocycles. The number of hydrogen-bond donors (Lipinski definition) is 0. The Bertz CT molecular complexity index is 355. The Kier molecular flexibility index (Phi) is 3.30. The van der Waals surface area contributed by atoms with Gasteiger partial charge in [-0.15, -0.1) is 0 Å². The molecule has 0 spiro atoms. The maximum Gasteiger partial charge on any atom is 0.342 e. The van der Waals surface area contributed by atoms with E-state index in [1.165, 1.54) is 5.56 Å². The molecule has 0 aromatic heterocycles. The largest absolute Gasteiger partial charge is 0.432 e. The highest BCUT2D eigenvalue weighted by atomic mass is 16.5. The molecule has 0 radical (unpaired) electrons. The Morgan fingerprint density at radius 1 is 1.27 bits per heavy atom. The van der Waals surface area contributed by atoms with Crippen LogP contribution in [0.2, 0.25) is 0 Å². The van der Waals surface area contributed by atoms with Gasteiger partial charge in [-0.25, -0.2) is 4.79 Å². The number of benzene rings is 1. The van der Waals surface area contributed by atoms with Crippen molar-refractivity contribution < 1.29 is 9.53 Å². The first-order valence-corrected chi connectivity index (χ1v) is 4.87. The highest BCUT2D eigenvalue weighted by Gasteiger charge is 2.14. The van der Waals surface area contributed by atoms with Gasteiger partial charge in [0.2, 0.25) is 0 Å². The van der Waals surface area contributed by atoms with E-state index in [1.54, 1.807) is 12.1 Å². The SMILES string of the molecule is C=COC(=O)c1ccc(C(C)(C)C)cc1. The first-order valence-electron chi connectivity index (χ1n) is 4.87. The number of hydrogen-bond acceptors (Lipinski definition) is 2. The van der Waals surface area contributed by atoms with Gasteiger partial charge in [-0.2, -0.15) is 0 Å². The van der Waals surface area contributed by atoms with Crippen LogP contribution in [0.1, 0.15) is 36.7 Å². The molecule has 0 heterocycles. The summed E-state index contributed by atoms with van der Waals surface area (Å²) in [4.78, 5) is 11.3. The minimum Gasteiger partial charge on any atom is -0.432 e. The summed E-state index contributed by atoms with van der Waals surface area (Å²) >= 11 is 0. The van der Waals surface area contributed by atoms with Crippen LogP contribution in [0.25, 0.3) is 0 Å². The summed E-state index contributed by atoms with van der Waals surface area (Å²) in [5.74, 6) is -0.370. The minimum atomic E-state index is -0.370. The Balaban J connectivity index is 2.90. The summed E-state index contributed by atoms with van der Waals surface area (Å²) in [6.07, 6.45) is 1.14. The highest BCUT2D eigenvalue weighted by molar-refractivity contribution is 5.89. The van der Waals surface area contributed by atoms with E-state index in [-0.39, 0.29) is 11.4 Å². The van der Waals surface area contributed by atoms with E-state index in [0.29, 0.717) is 5.56 Å². The number of carbonyl (C=O) groups excluding carboxylic acids is 1. The molecule has 2 nitrogen and oxygen atoms in total. The molecule has 0 bridgehead atoms. The van der Waals surface area contributed by atoms with E-state index in [4.69, 9.17) is 0 Å². The predicted octanol–water partition coefficient (Wildman–Crippen LogP) is 3.28. The van der Waals surface area contributed by atoms with E-state index >= 15 is 0 Å². The first-order chi connectivity index (χ1) is 6.95. The third kappa shape index (κ3) is 2.94. The van der Waals surface area contributed by atoms with Crippen molar-refractivity contribution in [1.29, 1.82) is 0 Å². The molecule has 0 unspecified atom stereocenters. The van der Waals surface area contributed by atoms with Crippen molar-refractivity contribution >= 4 is 5.97 Å². The lowest BCUT2D eigenvalue weighted by Gasteiger charge is -2.18. The molecule has 1 rings (SSSR count). The van der Waals surface area contributed by atoms with Gasteiger partial charge < -0.3 is 4.74 Å². The third-order valence-corrected chi connectivity index (χ3v) is 2.18. The second kappa shape index (κ2) is 4.30. The molecule has 0 atom stereocenters. The maximum absolute atomic E-state index is 11.3. The van der Waals surface area contributed by atoms with Crippen molar-refractivity contribution in [3.63, 3.8) is 0 Å². The summed E-state index contributed by atoms with van der Waals surface area (Å²) in [5, 5.41) is 0. The first kappa shape index (κ1) is 11.5. The molecule has 0 amide bonds. The van der Waals surface area contributed by atoms with Gasteiger partial charge in [-0.05, 0) is 23.1 Å². The van der Waals surface area contributed by atoms with Crippen molar-refractivity contribution in [2.75, 3.05) is 0 Å². The number of esters is 1. The fraction of sp³-hybridized carbons (Fsp3) is 0.308. The molecular weight excluding hydrogens is 188 g/mol. The number of carbonyl (C=O) groups is 1. The fourth-order valence-electron chi connectivity index (χ4n) is 1.25. The minimum absolute atomic E-state index is 0.0981. The van der Waals surface area contributed by atoms with Crippen LogP contribution < -0.4 is 0 Å². The number of ether oxygens (including phenoxy) is 1. The molecule has 0 aliphatic carbocycles. The summed E-state index contributed by atoms with van der Waals surface area (Å²) < 4.78 is 4.68. The van der Waals surface area contributed by atoms with Crippen LogP contribution in [0.15, 0.2) is 37.1 Å². The van der Waals surface area contributed by atoms with Crippen LogP contribution in [0, 0.1) is 0 Å². The molecule has 0 aliphatic heterocycles. The summed E-state index contributed by atoms with van der Waals surface area (Å²) in [7, 11) is 0. The summed E-state index contributed by atoms with van der Waals surface area (Å²) in [6.45, 7) is 9.73. The molecule has 15 heavy (non-hydrogen) atoms. The molecule has 0 fully saturated rings. The molecule has 0 aliphatic rings. The van der Waals surface area contributed by atoms with Crippen molar-refractivity contribution in [2.45, 2.75) is 26.2 Å². The van der Waals surface area contributed by atoms with E-state index in [0.717, 1.165) is 6.26 Å². The quantitative estimate of drug-likeness (QED) is 0.546. The molecule has 0 N–H and O–H groups in total. The Morgan fingerprint density at radius 2 is 1.80 bits per heavy atom. The smallest absolute Gasteiger partial charge is 0.342 e. The lowest BCUT2D eigenvalue weighted by atomic mass is 9.87. The molecule has 1 aromatic rings. The van der Waals surface area contributed by atoms with Gasteiger partial charge in [0.15, 0.2) is 0 Å². The van der Waals surface area contributed by atoms with Crippen LogP contribution in [0.5, 0.6) is 0 Å². The Hall–Kier alpha value is -1.57. The normalized spacial score (nSPS) is 10.9. The van der Waals surface area contributed by atoms with Gasteiger partial charge in [0.05, 0.1) is 11.8 Å². The lowest BCUT2D eigenvalue weighted by molar-refractivity contribution is 0.0664. The van der Waals surface area contributed by atoms with Crippen LogP contribution >= 0.6 is 0 Å². The zero-order chi connectivity index (χ0) is 11.5. The second-order valence-electron chi connectivity index (χ2n) is 4.40. The van der Waals surface area contributed by atoms with Gasteiger partial charge in [-0.3, -0.25) is 0 Å². The summed E-state index contributed by atoms with van der Waals surface area (Å²) in [5.41, 5.74) is 1.83. The molecule has 1 aromatic carbocycles. The van der Waals surface area contributed by atoms with Crippen molar-refractivity contribution in [2.24, 2.45) is 0 Å². The van der Waals surface area contributed by atoms with E-state index in [9.17, 15) is 4.79 Å². The second-order valence-corrected chi connectivity index (χ2v) is 4.40. The highest BCUT2D eigenvalue weighted by Crippen LogP contribution is 2.22. The summed E-state index contributed by atoms with van der Waals surface area (Å²) in [6, 6.07) is 7.43. The van der Waals surface area contributed by atoms with E-state index < -0.39 is 0 Å². The Labute approximate surface area is 90.6 Å². The van der Waals surface area contributed by atoms with Crippen molar-refractivity contribution in [1.82, 2.24) is 0 Å². The van der Waals surface area contributed by atoms with Gasteiger partial charge in [-0.1, -0.05) is 39.5 Å². The van der Waals surface area contributed by atoms with E-state index in [2.05, 4.69) is 32.1 Å². The number of rotatable bonds is 2. The lowest BCUT2D eigenvalue weighted by Crippen LogP contribution is -2.11. The van der Waals surface area contributed by atoms with Crippen LogP contribution in [-0.2, 0) is 10.2 Å². The molecule has 80 valence electrons. The Morgan fingerprint density at radius 3 is 2.20 bits per heavy atom. The maximum atomic E-state index is 11.3. The third-order valence-electron chi connectivity index (χ3n) is 2.18. The van der Waals surface area contributed by atoms with Gasteiger partial charge in [0.25, 0.3) is 0 Å². The fourth-order valence-corrected chi connectivity index (χ4v) is 1.25. The van der Waals surface area contributed by atoms with Gasteiger partial charge >= 0.3 is 5.97 Å². The monoisotopic (exact) mass is 204 g/mol. The zero-order valence-electron chi connectivity index (χ0n) is 9.41. The van der Waals surface area contributed by atoms with Crippen molar-refractivity contribution in [3.8, 4) is 0 Å². The average Bonchev–Trinajstić information content (AvgIpc) is 2.17. The van der Waals surface area contributed by atoms with Gasteiger partial charge in [0.1, 0.15) is 0 Å². The van der Waals surface area contributed by atoms with Gasteiger partial charge in [0, 0.05) is 0 Å². The molecule has 0 saturated heterocycles. The predicted molar refractivity (Wildman–Crippen MR) is 60.8 cm³/mol. The van der Waals surface area contributed by atoms with Crippen LogP contribution in [0.4, 0.5) is 0 Å². The standard InChI is InChI=1S/C13H16O2/c1-5-15-12(14)10-6-8-11(9-7-10)13(2,3)4/h5-9H,1H2,2-4H3. The zero-order valence-corrected chi connectivity index (χ0v) is 9.41. The van der Waals surface area contributed by atoms with E-state index in [1.807, 2.05) is 12.1 Å². The van der Waals surface area contributed by atoms with Crippen LogP contribution in [0.3, 0.4) is 0 Å². The average molecular weight is 204 g/mol. The van der Waals surface area contributed by atoms with Crippen LogP contribution in [-0.4, -0.2) is 5.97 Å².